The van der Waals surface area contributed by atoms with Crippen LogP contribution in [0.15, 0.2) is 170 Å². The molecule has 10 rings (SSSR count). The van der Waals surface area contributed by atoms with Crippen molar-refractivity contribution in [3.63, 3.8) is 0 Å². The van der Waals surface area contributed by atoms with Crippen LogP contribution in [0.25, 0.3) is 49.9 Å². The Morgan fingerprint density at radius 3 is 1.81 bits per heavy atom. The molecule has 0 fully saturated rings. The fourth-order valence-corrected chi connectivity index (χ4v) is 8.56. The van der Waals surface area contributed by atoms with Crippen molar-refractivity contribution in [3.8, 4) is 28.1 Å². The summed E-state index contributed by atoms with van der Waals surface area (Å²) < 4.78 is 90.2. The molecule has 0 saturated heterocycles. The van der Waals surface area contributed by atoms with Crippen LogP contribution in [0.2, 0.25) is 0 Å². The number of rotatable bonds is 7. The van der Waals surface area contributed by atoms with Crippen LogP contribution < -0.4 is 9.80 Å². The predicted octanol–water partition coefficient (Wildman–Crippen LogP) is 15.4. The molecule has 0 bridgehead atoms. The van der Waals surface area contributed by atoms with Crippen LogP contribution in [0.1, 0.15) is 91.4 Å². The van der Waals surface area contributed by atoms with Gasteiger partial charge in [0.15, 0.2) is 0 Å². The minimum Gasteiger partial charge on any atom is -0.493 e. The number of pyridine rings is 1. The minimum atomic E-state index is -0.674. The van der Waals surface area contributed by atoms with Gasteiger partial charge in [0.25, 0.3) is 0 Å². The number of aromatic nitrogens is 2. The Morgan fingerprint density at radius 1 is 0.562 bits per heavy atom. The summed E-state index contributed by atoms with van der Waals surface area (Å²) in [6, 6.07) is 36.4. The number of hydrogen-bond acceptors (Lipinski definition) is 3. The van der Waals surface area contributed by atoms with E-state index >= 15 is 0 Å². The van der Waals surface area contributed by atoms with Crippen molar-refractivity contribution in [3.05, 3.63) is 211 Å². The Balaban J connectivity index is 0.00000672. The van der Waals surface area contributed by atoms with Crippen LogP contribution >= 0.6 is 0 Å². The van der Waals surface area contributed by atoms with E-state index in [0.717, 1.165) is 50.0 Å². The Morgan fingerprint density at radius 2 is 1.17 bits per heavy atom. The number of nitrogens with zero attached hydrogens (tertiary/aromatic N) is 4. The van der Waals surface area contributed by atoms with Crippen LogP contribution in [0.5, 0.6) is 0 Å². The Labute approximate surface area is 407 Å². The molecule has 0 amide bonds. The largest absolute Gasteiger partial charge is 0.493 e. The predicted molar refractivity (Wildman–Crippen MR) is 265 cm³/mol. The van der Waals surface area contributed by atoms with E-state index in [4.69, 9.17) is 18.7 Å². The first-order chi connectivity index (χ1) is 34.4. The molecule has 322 valence electrons. The molecule has 3 heterocycles. The second kappa shape index (κ2) is 16.4. The summed E-state index contributed by atoms with van der Waals surface area (Å²) in [6.45, 7) is 19.3. The zero-order valence-corrected chi connectivity index (χ0v) is 39.3. The summed E-state index contributed by atoms with van der Waals surface area (Å²) in [5.74, 6) is 0.809. The molecule has 0 spiro atoms. The molecule has 1 aliphatic rings. The maximum Gasteiger partial charge on any atom is 0.135 e. The van der Waals surface area contributed by atoms with E-state index in [9.17, 15) is 0 Å². The molecule has 5 heteroatoms. The van der Waals surface area contributed by atoms with Crippen molar-refractivity contribution in [2.45, 2.75) is 71.6 Å². The van der Waals surface area contributed by atoms with E-state index in [1.165, 1.54) is 5.56 Å². The third-order valence-corrected chi connectivity index (χ3v) is 12.2. The standard InChI is InChI=1S/C59H53N4.Pt/c1-57(2,3)42-32-33-60-55(38-42)63-51-27-16-15-24-49(51)50-31-30-43(37-54(50)63)59(7,8)45-34-44(58(4,5)6)35-46(36-45)61-39-62(53-29-18-17-28-52(53)61)56-47(40-20-11-9-12-21-40)25-19-26-48(56)41-22-13-10-14-23-41;/h9-35,38-39H,1-8H3;/q-3;/i9D,10D,11D,12D,13D,14D,20D,21D,22D,23D;. The molecule has 0 radical (unpaired) electrons. The van der Waals surface area contributed by atoms with Crippen LogP contribution in [0.4, 0.5) is 22.7 Å². The van der Waals surface area contributed by atoms with Crippen LogP contribution in [0.3, 0.4) is 0 Å². The molecule has 9 aromatic rings. The Kier molecular flexibility index (Phi) is 8.31. The van der Waals surface area contributed by atoms with Crippen molar-refractivity contribution in [2.75, 3.05) is 9.80 Å². The third-order valence-electron chi connectivity index (χ3n) is 12.2. The summed E-state index contributed by atoms with van der Waals surface area (Å²) in [4.78, 5) is 8.71. The van der Waals surface area contributed by atoms with Crippen molar-refractivity contribution in [1.82, 2.24) is 9.55 Å². The SMILES string of the molecule is [2H]c1c([2H])c([2H])c(-c2cccc(-c3c([2H])c([2H])c([2H])c([2H])c3[2H])c2N2[CH-]N(c3[c-]c(C(C)(C)c4[c-]c5c(cc4)c4ccccc4n5-c4cc(C(C)(C)C)ccn4)cc(C(C)(C)C)c3)c3ccccc32)c([2H])c1[2H].[Pt]. The van der Waals surface area contributed by atoms with E-state index in [0.29, 0.717) is 11.4 Å². The average Bonchev–Trinajstić information content (AvgIpc) is 3.92. The van der Waals surface area contributed by atoms with Gasteiger partial charge in [0.05, 0.1) is 13.7 Å². The smallest absolute Gasteiger partial charge is 0.135 e. The number of para-hydroxylation sites is 4. The van der Waals surface area contributed by atoms with Crippen molar-refractivity contribution < 1.29 is 34.8 Å². The molecule has 0 atom stereocenters. The van der Waals surface area contributed by atoms with Gasteiger partial charge in [-0.05, 0) is 68.7 Å². The van der Waals surface area contributed by atoms with Gasteiger partial charge < -0.3 is 14.4 Å². The van der Waals surface area contributed by atoms with Gasteiger partial charge in [-0.25, -0.2) is 4.98 Å². The fourth-order valence-electron chi connectivity index (χ4n) is 8.56. The summed E-state index contributed by atoms with van der Waals surface area (Å²) in [7, 11) is 0. The zero-order chi connectivity index (χ0) is 52.4. The van der Waals surface area contributed by atoms with Gasteiger partial charge in [0.2, 0.25) is 0 Å². The van der Waals surface area contributed by atoms with Gasteiger partial charge in [-0.3, -0.25) is 0 Å². The number of hydrogen-bond donors (Lipinski definition) is 0. The molecule has 4 nitrogen and oxygen atoms in total. The van der Waals surface area contributed by atoms with Crippen LogP contribution in [0, 0.1) is 18.8 Å². The van der Waals surface area contributed by atoms with E-state index in [1.807, 2.05) is 53.0 Å². The maximum atomic E-state index is 9.13. The second-order valence-corrected chi connectivity index (χ2v) is 18.7. The van der Waals surface area contributed by atoms with E-state index in [1.54, 1.807) is 18.2 Å². The van der Waals surface area contributed by atoms with Crippen molar-refractivity contribution in [1.29, 1.82) is 0 Å². The molecule has 7 aromatic carbocycles. The van der Waals surface area contributed by atoms with Gasteiger partial charge in [0, 0.05) is 61.0 Å². The Hall–Kier alpha value is -6.22. The summed E-state index contributed by atoms with van der Waals surface area (Å²) in [5, 5.41) is 2.15. The van der Waals surface area contributed by atoms with Crippen LogP contribution in [-0.4, -0.2) is 9.55 Å². The van der Waals surface area contributed by atoms with Gasteiger partial charge in [-0.15, -0.1) is 23.8 Å². The maximum absolute atomic E-state index is 9.13. The average molecular weight is 1020 g/mol. The molecular formula is C59H53N4Pt-3. The zero-order valence-electron chi connectivity index (χ0n) is 47.1. The van der Waals surface area contributed by atoms with E-state index in [-0.39, 0.29) is 59.8 Å². The quantitative estimate of drug-likeness (QED) is 0.149. The monoisotopic (exact) mass is 1020 g/mol. The first-order valence-electron chi connectivity index (χ1n) is 26.2. The van der Waals surface area contributed by atoms with Gasteiger partial charge in [-0.1, -0.05) is 170 Å². The third kappa shape index (κ3) is 7.56. The number of anilines is 4. The normalized spacial score (nSPS) is 15.2. The fraction of sp³-hybridized carbons (Fsp3) is 0.186. The second-order valence-electron chi connectivity index (χ2n) is 18.7. The summed E-state index contributed by atoms with van der Waals surface area (Å²) in [5.41, 5.74) is 7.35. The first-order valence-corrected chi connectivity index (χ1v) is 21.2. The molecule has 2 aromatic heterocycles. The van der Waals surface area contributed by atoms with E-state index < -0.39 is 65.8 Å². The molecule has 0 N–H and O–H groups in total. The molecule has 0 aliphatic carbocycles. The topological polar surface area (TPSA) is 24.3 Å². The van der Waals surface area contributed by atoms with Crippen molar-refractivity contribution >= 4 is 44.6 Å². The van der Waals surface area contributed by atoms with Crippen molar-refractivity contribution in [2.24, 2.45) is 0 Å². The van der Waals surface area contributed by atoms with Gasteiger partial charge >= 0.3 is 0 Å². The minimum absolute atomic E-state index is 0. The molecule has 0 unspecified atom stereocenters. The molecule has 64 heavy (non-hydrogen) atoms. The van der Waals surface area contributed by atoms with Gasteiger partial charge in [-0.2, -0.15) is 47.0 Å². The number of benzene rings is 7. The molecular weight excluding hydrogens is 960 g/mol. The first kappa shape index (κ1) is 32.4. The van der Waals surface area contributed by atoms with E-state index in [2.05, 4.69) is 127 Å². The number of fused-ring (bicyclic) bond motifs is 4. The summed E-state index contributed by atoms with van der Waals surface area (Å²) >= 11 is 0. The Bertz CT molecular complexity index is 3610. The van der Waals surface area contributed by atoms with Gasteiger partial charge in [0.1, 0.15) is 5.82 Å². The molecule has 1 aliphatic heterocycles. The molecule has 0 saturated carbocycles. The summed E-state index contributed by atoms with van der Waals surface area (Å²) in [6.07, 6.45) is 1.87. The van der Waals surface area contributed by atoms with Crippen LogP contribution in [-0.2, 0) is 37.3 Å².